The van der Waals surface area contributed by atoms with Gasteiger partial charge in [0.15, 0.2) is 0 Å². The zero-order chi connectivity index (χ0) is 23.8. The lowest BCUT2D eigenvalue weighted by Gasteiger charge is -2.23. The summed E-state index contributed by atoms with van der Waals surface area (Å²) in [6.07, 6.45) is 5.57. The van der Waals surface area contributed by atoms with Crippen molar-refractivity contribution in [1.82, 2.24) is 14.9 Å². The highest BCUT2D eigenvalue weighted by atomic mass is 16.5. The van der Waals surface area contributed by atoms with Gasteiger partial charge in [-0.25, -0.2) is 9.97 Å². The molecular formula is C25H25N7O2. The molecule has 0 radical (unpaired) electrons. The van der Waals surface area contributed by atoms with Gasteiger partial charge in [-0.15, -0.1) is 0 Å². The third-order valence-corrected chi connectivity index (χ3v) is 5.39. The second-order valence-electron chi connectivity index (χ2n) is 7.77. The number of hydrogen-bond donors (Lipinski definition) is 3. The third kappa shape index (κ3) is 5.74. The Labute approximate surface area is 198 Å². The number of ether oxygens (including phenoxy) is 2. The van der Waals surface area contributed by atoms with Crippen molar-refractivity contribution in [3.63, 3.8) is 0 Å². The van der Waals surface area contributed by atoms with Crippen molar-refractivity contribution in [3.05, 3.63) is 65.9 Å². The molecule has 1 fully saturated rings. The molecule has 0 aliphatic carbocycles. The molecule has 0 saturated carbocycles. The van der Waals surface area contributed by atoms with Crippen LogP contribution in [-0.2, 0) is 11.3 Å². The highest BCUT2D eigenvalue weighted by molar-refractivity contribution is 5.72. The molecule has 3 N–H and O–H groups in total. The minimum atomic E-state index is 0.0578. The summed E-state index contributed by atoms with van der Waals surface area (Å²) in [7, 11) is 0. The number of nitrogens with zero attached hydrogens (tertiary/aromatic N) is 4. The molecule has 1 aromatic heterocycles. The predicted molar refractivity (Wildman–Crippen MR) is 129 cm³/mol. The molecule has 172 valence electrons. The topological polar surface area (TPSA) is 131 Å². The standard InChI is InChI=1S/C25H25N7O2/c26-14-20-13-19(4-5-24(20)34-22-7-10-33-11-8-22)23-6-9-29-25(31-23)30-21-3-1-2-18(12-21)15-32(16-27)17-28/h1-6,9,12-13,16-17,22,27-28H,7-8,10-11,15H2,(H,29,30,31). The van der Waals surface area contributed by atoms with Gasteiger partial charge >= 0.3 is 0 Å². The van der Waals surface area contributed by atoms with E-state index in [1.807, 2.05) is 36.4 Å². The van der Waals surface area contributed by atoms with E-state index in [9.17, 15) is 5.26 Å². The molecule has 0 unspecified atom stereocenters. The number of rotatable bonds is 9. The molecule has 0 spiro atoms. The van der Waals surface area contributed by atoms with Crippen LogP contribution in [-0.4, -0.2) is 46.9 Å². The number of aromatic nitrogens is 2. The van der Waals surface area contributed by atoms with Crippen molar-refractivity contribution >= 4 is 24.3 Å². The van der Waals surface area contributed by atoms with Gasteiger partial charge in [0.05, 0.1) is 37.1 Å². The summed E-state index contributed by atoms with van der Waals surface area (Å²) in [6, 6.07) is 17.2. The molecule has 2 aromatic carbocycles. The summed E-state index contributed by atoms with van der Waals surface area (Å²) >= 11 is 0. The van der Waals surface area contributed by atoms with Crippen LogP contribution in [0.2, 0.25) is 0 Å². The highest BCUT2D eigenvalue weighted by Crippen LogP contribution is 2.28. The largest absolute Gasteiger partial charge is 0.489 e. The Hall–Kier alpha value is -4.29. The predicted octanol–water partition coefficient (Wildman–Crippen LogP) is 4.33. The van der Waals surface area contributed by atoms with E-state index >= 15 is 0 Å². The molecule has 9 heteroatoms. The van der Waals surface area contributed by atoms with Gasteiger partial charge in [-0.2, -0.15) is 5.26 Å². The number of nitriles is 1. The van der Waals surface area contributed by atoms with Crippen molar-refractivity contribution in [2.45, 2.75) is 25.5 Å². The average Bonchev–Trinajstić information content (AvgIpc) is 2.88. The fraction of sp³-hybridized carbons (Fsp3) is 0.240. The Bertz CT molecular complexity index is 1190. The summed E-state index contributed by atoms with van der Waals surface area (Å²) < 4.78 is 11.4. The zero-order valence-electron chi connectivity index (χ0n) is 18.6. The second kappa shape index (κ2) is 11.0. The van der Waals surface area contributed by atoms with E-state index in [0.717, 1.165) is 42.3 Å². The molecule has 0 atom stereocenters. The van der Waals surface area contributed by atoms with Crippen LogP contribution in [0.1, 0.15) is 24.0 Å². The van der Waals surface area contributed by atoms with Crippen LogP contribution in [0.3, 0.4) is 0 Å². The minimum absolute atomic E-state index is 0.0578. The van der Waals surface area contributed by atoms with Crippen LogP contribution in [0.5, 0.6) is 5.75 Å². The maximum Gasteiger partial charge on any atom is 0.227 e. The average molecular weight is 456 g/mol. The molecular weight excluding hydrogens is 430 g/mol. The van der Waals surface area contributed by atoms with E-state index < -0.39 is 0 Å². The first-order chi connectivity index (χ1) is 16.7. The SMILES string of the molecule is N#Cc1cc(-c2ccnc(Nc3cccc(CN(C=N)C=N)c3)n2)ccc1OC1CCOCC1. The summed E-state index contributed by atoms with van der Waals surface area (Å²) in [5, 5.41) is 27.5. The summed E-state index contributed by atoms with van der Waals surface area (Å²) in [4.78, 5) is 10.4. The van der Waals surface area contributed by atoms with Gasteiger partial charge < -0.3 is 19.7 Å². The van der Waals surface area contributed by atoms with Gasteiger partial charge in [0.2, 0.25) is 5.95 Å². The lowest BCUT2D eigenvalue weighted by Crippen LogP contribution is -2.26. The lowest BCUT2D eigenvalue weighted by atomic mass is 10.1. The van der Waals surface area contributed by atoms with Crippen LogP contribution in [0.25, 0.3) is 11.3 Å². The van der Waals surface area contributed by atoms with Crippen LogP contribution in [0.15, 0.2) is 54.7 Å². The molecule has 2 heterocycles. The first-order valence-electron chi connectivity index (χ1n) is 10.9. The number of nitrogens with one attached hydrogen (secondary N) is 3. The van der Waals surface area contributed by atoms with Gasteiger partial charge in [0.25, 0.3) is 0 Å². The molecule has 0 bridgehead atoms. The molecule has 1 aliphatic rings. The van der Waals surface area contributed by atoms with E-state index in [1.165, 1.54) is 4.90 Å². The first-order valence-corrected chi connectivity index (χ1v) is 10.9. The van der Waals surface area contributed by atoms with Gasteiger partial charge in [-0.1, -0.05) is 12.1 Å². The van der Waals surface area contributed by atoms with E-state index in [4.69, 9.17) is 20.3 Å². The van der Waals surface area contributed by atoms with Crippen LogP contribution < -0.4 is 10.1 Å². The van der Waals surface area contributed by atoms with Gasteiger partial charge in [-0.3, -0.25) is 10.8 Å². The van der Waals surface area contributed by atoms with Crippen molar-refractivity contribution < 1.29 is 9.47 Å². The molecule has 3 aromatic rings. The molecule has 1 saturated heterocycles. The fourth-order valence-electron chi connectivity index (χ4n) is 3.65. The number of hydrogen-bond acceptors (Lipinski definition) is 8. The molecule has 34 heavy (non-hydrogen) atoms. The van der Waals surface area contributed by atoms with E-state index in [-0.39, 0.29) is 6.10 Å². The fourth-order valence-corrected chi connectivity index (χ4v) is 3.65. The third-order valence-electron chi connectivity index (χ3n) is 5.39. The van der Waals surface area contributed by atoms with E-state index in [2.05, 4.69) is 21.4 Å². The van der Waals surface area contributed by atoms with Crippen molar-refractivity contribution in [3.8, 4) is 23.1 Å². The van der Waals surface area contributed by atoms with E-state index in [1.54, 1.807) is 18.3 Å². The maximum absolute atomic E-state index is 9.66. The minimum Gasteiger partial charge on any atom is -0.489 e. The Morgan fingerprint density at radius 2 is 1.97 bits per heavy atom. The Kier molecular flexibility index (Phi) is 7.42. The first kappa shape index (κ1) is 22.9. The number of anilines is 2. The molecule has 1 aliphatic heterocycles. The second-order valence-corrected chi connectivity index (χ2v) is 7.77. The Morgan fingerprint density at radius 3 is 2.74 bits per heavy atom. The molecule has 9 nitrogen and oxygen atoms in total. The van der Waals surface area contributed by atoms with Gasteiger partial charge in [-0.05, 0) is 42.0 Å². The van der Waals surface area contributed by atoms with Crippen molar-refractivity contribution in [2.75, 3.05) is 18.5 Å². The van der Waals surface area contributed by atoms with Crippen LogP contribution in [0, 0.1) is 22.1 Å². The number of benzene rings is 2. The van der Waals surface area contributed by atoms with Gasteiger partial charge in [0, 0.05) is 36.8 Å². The van der Waals surface area contributed by atoms with E-state index in [0.29, 0.717) is 42.7 Å². The van der Waals surface area contributed by atoms with Crippen LogP contribution in [0.4, 0.5) is 11.6 Å². The lowest BCUT2D eigenvalue weighted by molar-refractivity contribution is 0.0254. The summed E-state index contributed by atoms with van der Waals surface area (Å²) in [5.41, 5.74) is 3.67. The van der Waals surface area contributed by atoms with Crippen molar-refractivity contribution in [1.29, 1.82) is 16.1 Å². The monoisotopic (exact) mass is 455 g/mol. The van der Waals surface area contributed by atoms with Crippen LogP contribution >= 0.6 is 0 Å². The maximum atomic E-state index is 9.66. The highest BCUT2D eigenvalue weighted by Gasteiger charge is 2.17. The Balaban J connectivity index is 1.51. The summed E-state index contributed by atoms with van der Waals surface area (Å²) in [6.45, 7) is 1.77. The Morgan fingerprint density at radius 1 is 1.15 bits per heavy atom. The molecule has 0 amide bonds. The zero-order valence-corrected chi connectivity index (χ0v) is 18.6. The molecule has 4 rings (SSSR count). The van der Waals surface area contributed by atoms with Gasteiger partial charge in [0.1, 0.15) is 17.9 Å². The smallest absolute Gasteiger partial charge is 0.227 e. The summed E-state index contributed by atoms with van der Waals surface area (Å²) in [5.74, 6) is 0.998. The normalized spacial score (nSPS) is 13.5. The quantitative estimate of drug-likeness (QED) is 0.323. The van der Waals surface area contributed by atoms with Crippen molar-refractivity contribution in [2.24, 2.45) is 0 Å².